The second kappa shape index (κ2) is 5.32. The van der Waals surface area contributed by atoms with Crippen LogP contribution in [0.1, 0.15) is 33.0 Å². The molecule has 1 aromatic rings. The molecule has 0 N–H and O–H groups in total. The van der Waals surface area contributed by atoms with E-state index in [1.807, 2.05) is 0 Å². The van der Waals surface area contributed by atoms with Crippen molar-refractivity contribution in [3.63, 3.8) is 0 Å². The SMILES string of the molecule is N#CC1CN(C(=O)c2cc3c(s2)CCCC3)CCO1. The zero-order valence-corrected chi connectivity index (χ0v) is 11.5. The van der Waals surface area contributed by atoms with Crippen molar-refractivity contribution in [2.24, 2.45) is 0 Å². The Morgan fingerprint density at radius 3 is 3.11 bits per heavy atom. The molecule has 0 aromatic carbocycles. The fourth-order valence-electron chi connectivity index (χ4n) is 2.66. The van der Waals surface area contributed by atoms with Crippen LogP contribution in [0.25, 0.3) is 0 Å². The second-order valence-corrected chi connectivity index (χ2v) is 6.14. The van der Waals surface area contributed by atoms with Crippen LogP contribution >= 0.6 is 11.3 Å². The second-order valence-electron chi connectivity index (χ2n) is 5.01. The van der Waals surface area contributed by atoms with Crippen molar-refractivity contribution in [3.8, 4) is 6.07 Å². The fraction of sp³-hybridized carbons (Fsp3) is 0.571. The third-order valence-electron chi connectivity index (χ3n) is 3.71. The minimum atomic E-state index is -0.479. The largest absolute Gasteiger partial charge is 0.360 e. The molecule has 0 saturated carbocycles. The third-order valence-corrected chi connectivity index (χ3v) is 4.93. The number of amides is 1. The van der Waals surface area contributed by atoms with Gasteiger partial charge < -0.3 is 9.64 Å². The number of hydrogen-bond donors (Lipinski definition) is 0. The summed E-state index contributed by atoms with van der Waals surface area (Å²) in [6.45, 7) is 1.42. The molecule has 1 fully saturated rings. The molecule has 1 saturated heterocycles. The van der Waals surface area contributed by atoms with Crippen LogP contribution in [0, 0.1) is 11.3 Å². The van der Waals surface area contributed by atoms with Gasteiger partial charge in [0.2, 0.25) is 0 Å². The summed E-state index contributed by atoms with van der Waals surface area (Å²) >= 11 is 1.63. The summed E-state index contributed by atoms with van der Waals surface area (Å²) in [5.41, 5.74) is 1.35. The van der Waals surface area contributed by atoms with Gasteiger partial charge in [-0.2, -0.15) is 5.26 Å². The maximum absolute atomic E-state index is 12.5. The molecule has 1 aromatic heterocycles. The van der Waals surface area contributed by atoms with Crippen LogP contribution in [0.15, 0.2) is 6.07 Å². The van der Waals surface area contributed by atoms with E-state index >= 15 is 0 Å². The molecule has 19 heavy (non-hydrogen) atoms. The van der Waals surface area contributed by atoms with Crippen LogP contribution in [0.5, 0.6) is 0 Å². The Morgan fingerprint density at radius 1 is 1.47 bits per heavy atom. The minimum absolute atomic E-state index is 0.0583. The van der Waals surface area contributed by atoms with E-state index < -0.39 is 6.10 Å². The van der Waals surface area contributed by atoms with Crippen molar-refractivity contribution in [1.29, 1.82) is 5.26 Å². The average molecular weight is 276 g/mol. The molecule has 1 aliphatic heterocycles. The lowest BCUT2D eigenvalue weighted by molar-refractivity contribution is 0.00369. The molecule has 1 unspecified atom stereocenters. The molecule has 0 radical (unpaired) electrons. The van der Waals surface area contributed by atoms with E-state index in [9.17, 15) is 4.79 Å². The van der Waals surface area contributed by atoms with Crippen LogP contribution in [0.3, 0.4) is 0 Å². The standard InChI is InChI=1S/C14H16N2O2S/c15-8-11-9-16(5-6-18-11)14(17)13-7-10-3-1-2-4-12(10)19-13/h7,11H,1-6,9H2. The lowest BCUT2D eigenvalue weighted by Crippen LogP contribution is -2.44. The number of morpholine rings is 1. The first-order valence-corrected chi connectivity index (χ1v) is 7.51. The first-order valence-electron chi connectivity index (χ1n) is 6.70. The molecule has 1 amide bonds. The molecular formula is C14H16N2O2S. The Balaban J connectivity index is 1.76. The summed E-state index contributed by atoms with van der Waals surface area (Å²) < 4.78 is 5.27. The zero-order valence-electron chi connectivity index (χ0n) is 10.7. The van der Waals surface area contributed by atoms with E-state index in [2.05, 4.69) is 12.1 Å². The molecule has 100 valence electrons. The first-order chi connectivity index (χ1) is 9.28. The normalized spacial score (nSPS) is 22.7. The summed E-state index contributed by atoms with van der Waals surface area (Å²) in [7, 11) is 0. The summed E-state index contributed by atoms with van der Waals surface area (Å²) in [5, 5.41) is 8.88. The smallest absolute Gasteiger partial charge is 0.264 e. The highest BCUT2D eigenvalue weighted by Gasteiger charge is 2.27. The minimum Gasteiger partial charge on any atom is -0.360 e. The number of thiophene rings is 1. The summed E-state index contributed by atoms with van der Waals surface area (Å²) in [6, 6.07) is 4.13. The van der Waals surface area contributed by atoms with Crippen LogP contribution < -0.4 is 0 Å². The number of fused-ring (bicyclic) bond motifs is 1. The highest BCUT2D eigenvalue weighted by atomic mass is 32.1. The predicted molar refractivity (Wildman–Crippen MR) is 72.2 cm³/mol. The van der Waals surface area contributed by atoms with E-state index in [1.165, 1.54) is 23.3 Å². The maximum Gasteiger partial charge on any atom is 0.264 e. The van der Waals surface area contributed by atoms with Gasteiger partial charge in [0.05, 0.1) is 24.1 Å². The lowest BCUT2D eigenvalue weighted by Gasteiger charge is -2.29. The molecule has 3 rings (SSSR count). The van der Waals surface area contributed by atoms with E-state index in [0.29, 0.717) is 19.7 Å². The van der Waals surface area contributed by atoms with Crippen molar-refractivity contribution in [1.82, 2.24) is 4.90 Å². The Kier molecular flexibility index (Phi) is 3.54. The Labute approximate surface area is 116 Å². The number of carbonyl (C=O) groups excluding carboxylic acids is 1. The summed E-state index contributed by atoms with van der Waals surface area (Å²) in [5.74, 6) is 0.0583. The zero-order chi connectivity index (χ0) is 13.2. The highest BCUT2D eigenvalue weighted by Crippen LogP contribution is 2.30. The number of rotatable bonds is 1. The van der Waals surface area contributed by atoms with E-state index in [1.54, 1.807) is 16.2 Å². The molecule has 0 bridgehead atoms. The van der Waals surface area contributed by atoms with Crippen LogP contribution in [-0.4, -0.2) is 36.6 Å². The average Bonchev–Trinajstić information content (AvgIpc) is 2.90. The van der Waals surface area contributed by atoms with Crippen LogP contribution in [0.2, 0.25) is 0 Å². The Hall–Kier alpha value is -1.38. The van der Waals surface area contributed by atoms with E-state index in [0.717, 1.165) is 17.7 Å². The molecule has 4 nitrogen and oxygen atoms in total. The van der Waals surface area contributed by atoms with Gasteiger partial charge in [-0.15, -0.1) is 11.3 Å². The van der Waals surface area contributed by atoms with Crippen molar-refractivity contribution in [3.05, 3.63) is 21.4 Å². The van der Waals surface area contributed by atoms with E-state index in [-0.39, 0.29) is 5.91 Å². The van der Waals surface area contributed by atoms with Crippen molar-refractivity contribution in [2.45, 2.75) is 31.8 Å². The highest BCUT2D eigenvalue weighted by molar-refractivity contribution is 7.14. The summed E-state index contributed by atoms with van der Waals surface area (Å²) in [4.78, 5) is 16.4. The van der Waals surface area contributed by atoms with Crippen molar-refractivity contribution in [2.75, 3.05) is 19.7 Å². The van der Waals surface area contributed by atoms with Gasteiger partial charge in [0.1, 0.15) is 0 Å². The number of hydrogen-bond acceptors (Lipinski definition) is 4. The topological polar surface area (TPSA) is 53.3 Å². The third kappa shape index (κ3) is 2.51. The maximum atomic E-state index is 12.5. The molecule has 1 atom stereocenters. The monoisotopic (exact) mass is 276 g/mol. The van der Waals surface area contributed by atoms with Gasteiger partial charge in [0, 0.05) is 11.4 Å². The number of nitrogens with zero attached hydrogens (tertiary/aromatic N) is 2. The molecule has 0 spiro atoms. The molecule has 2 aliphatic rings. The first kappa shape index (κ1) is 12.6. The molecule has 1 aliphatic carbocycles. The number of nitriles is 1. The number of ether oxygens (including phenoxy) is 1. The molecule has 2 heterocycles. The van der Waals surface area contributed by atoms with Gasteiger partial charge in [-0.05, 0) is 37.3 Å². The van der Waals surface area contributed by atoms with Crippen molar-refractivity contribution < 1.29 is 9.53 Å². The summed E-state index contributed by atoms with van der Waals surface area (Å²) in [6.07, 6.45) is 4.19. The van der Waals surface area contributed by atoms with Gasteiger partial charge in [-0.3, -0.25) is 4.79 Å². The Bertz CT molecular complexity index is 509. The lowest BCUT2D eigenvalue weighted by atomic mass is 9.99. The number of carbonyl (C=O) groups is 1. The van der Waals surface area contributed by atoms with Gasteiger partial charge in [-0.25, -0.2) is 0 Å². The van der Waals surface area contributed by atoms with E-state index in [4.69, 9.17) is 10.00 Å². The predicted octanol–water partition coefficient (Wildman–Crippen LogP) is 1.99. The molecule has 5 heteroatoms. The fourth-order valence-corrected chi connectivity index (χ4v) is 3.89. The van der Waals surface area contributed by atoms with Gasteiger partial charge in [-0.1, -0.05) is 0 Å². The van der Waals surface area contributed by atoms with Gasteiger partial charge in [0.25, 0.3) is 5.91 Å². The Morgan fingerprint density at radius 2 is 2.32 bits per heavy atom. The van der Waals surface area contributed by atoms with Gasteiger partial charge in [0.15, 0.2) is 6.10 Å². The quantitative estimate of drug-likeness (QED) is 0.788. The number of aryl methyl sites for hydroxylation is 2. The van der Waals surface area contributed by atoms with Crippen molar-refractivity contribution >= 4 is 17.2 Å². The van der Waals surface area contributed by atoms with Gasteiger partial charge >= 0.3 is 0 Å². The molecular weight excluding hydrogens is 260 g/mol. The van der Waals surface area contributed by atoms with Crippen LogP contribution in [-0.2, 0) is 17.6 Å². The van der Waals surface area contributed by atoms with Crippen LogP contribution in [0.4, 0.5) is 0 Å².